The summed E-state index contributed by atoms with van der Waals surface area (Å²) in [4.78, 5) is 16.0. The van der Waals surface area contributed by atoms with E-state index in [1.54, 1.807) is 32.0 Å². The van der Waals surface area contributed by atoms with E-state index >= 15 is 0 Å². The number of nitrogens with zero attached hydrogens (tertiary/aromatic N) is 2. The molecule has 1 aromatic heterocycles. The molecular weight excluding hydrogens is 287 g/mol. The number of benzene rings is 1. The van der Waals surface area contributed by atoms with E-state index in [9.17, 15) is 9.18 Å². The molecule has 2 N–H and O–H groups in total. The van der Waals surface area contributed by atoms with Gasteiger partial charge < -0.3 is 15.2 Å². The lowest BCUT2D eigenvalue weighted by atomic mass is 10.1. The Morgan fingerprint density at radius 3 is 2.77 bits per heavy atom. The van der Waals surface area contributed by atoms with Crippen LogP contribution < -0.4 is 10.6 Å². The van der Waals surface area contributed by atoms with E-state index in [1.807, 2.05) is 0 Å². The zero-order chi connectivity index (χ0) is 16.1. The van der Waals surface area contributed by atoms with Crippen LogP contribution in [0.2, 0.25) is 0 Å². The molecule has 0 bridgehead atoms. The van der Waals surface area contributed by atoms with Crippen LogP contribution in [0.4, 0.5) is 9.18 Å². The number of carbonyl (C=O) groups is 1. The molecule has 116 valence electrons. The van der Waals surface area contributed by atoms with Crippen molar-refractivity contribution in [3.63, 3.8) is 0 Å². The molecule has 22 heavy (non-hydrogen) atoms. The van der Waals surface area contributed by atoms with Gasteiger partial charge in [-0.2, -0.15) is 4.98 Å². The van der Waals surface area contributed by atoms with Crippen molar-refractivity contribution in [1.29, 1.82) is 0 Å². The van der Waals surface area contributed by atoms with E-state index < -0.39 is 17.9 Å². The third-order valence-corrected chi connectivity index (χ3v) is 2.84. The van der Waals surface area contributed by atoms with E-state index in [0.29, 0.717) is 12.4 Å². The van der Waals surface area contributed by atoms with Gasteiger partial charge in [-0.05, 0) is 13.0 Å². The molecule has 1 aromatic carbocycles. The van der Waals surface area contributed by atoms with Crippen molar-refractivity contribution in [1.82, 2.24) is 20.8 Å². The highest BCUT2D eigenvalue weighted by Crippen LogP contribution is 2.22. The number of aromatic nitrogens is 2. The highest BCUT2D eigenvalue weighted by molar-refractivity contribution is 5.75. The highest BCUT2D eigenvalue weighted by atomic mass is 19.1. The van der Waals surface area contributed by atoms with Crippen molar-refractivity contribution < 1.29 is 13.7 Å². The van der Waals surface area contributed by atoms with E-state index in [1.165, 1.54) is 6.07 Å². The number of urea groups is 1. The lowest BCUT2D eigenvalue weighted by molar-refractivity contribution is 0.238. The molecule has 0 saturated heterocycles. The number of halogens is 1. The van der Waals surface area contributed by atoms with Crippen LogP contribution in [-0.4, -0.2) is 22.7 Å². The Kier molecular flexibility index (Phi) is 4.88. The van der Waals surface area contributed by atoms with E-state index in [4.69, 9.17) is 4.52 Å². The average Bonchev–Trinajstić information content (AvgIpc) is 2.90. The topological polar surface area (TPSA) is 80.0 Å². The van der Waals surface area contributed by atoms with Crippen molar-refractivity contribution in [3.8, 4) is 0 Å². The fraction of sp³-hybridized carbons (Fsp3) is 0.267. The first-order valence-electron chi connectivity index (χ1n) is 6.70. The lowest BCUT2D eigenvalue weighted by Gasteiger charge is -2.17. The smallest absolute Gasteiger partial charge is 0.315 e. The molecular formula is C15H17FN4O2. The summed E-state index contributed by atoms with van der Waals surface area (Å²) in [6.45, 7) is 7.43. The van der Waals surface area contributed by atoms with Crippen molar-refractivity contribution in [2.75, 3.05) is 6.54 Å². The number of hydrogen-bond acceptors (Lipinski definition) is 4. The van der Waals surface area contributed by atoms with Gasteiger partial charge in [0, 0.05) is 19.0 Å². The molecule has 7 heteroatoms. The predicted molar refractivity (Wildman–Crippen MR) is 78.6 cm³/mol. The molecule has 0 spiro atoms. The minimum absolute atomic E-state index is 0.188. The van der Waals surface area contributed by atoms with Gasteiger partial charge in [-0.1, -0.05) is 35.5 Å². The van der Waals surface area contributed by atoms with Crippen LogP contribution in [0.15, 0.2) is 40.9 Å². The van der Waals surface area contributed by atoms with Gasteiger partial charge in [0.05, 0.1) is 0 Å². The summed E-state index contributed by atoms with van der Waals surface area (Å²) < 4.78 is 18.9. The molecule has 2 amide bonds. The summed E-state index contributed by atoms with van der Waals surface area (Å²) in [5.41, 5.74) is 1.06. The maximum atomic E-state index is 14.0. The van der Waals surface area contributed by atoms with Gasteiger partial charge in [-0.15, -0.1) is 0 Å². The highest BCUT2D eigenvalue weighted by Gasteiger charge is 2.24. The van der Waals surface area contributed by atoms with Crippen LogP contribution in [0.25, 0.3) is 0 Å². The lowest BCUT2D eigenvalue weighted by Crippen LogP contribution is -2.39. The summed E-state index contributed by atoms with van der Waals surface area (Å²) in [5, 5.41) is 9.03. The van der Waals surface area contributed by atoms with Gasteiger partial charge in [-0.3, -0.25) is 0 Å². The minimum atomic E-state index is -0.844. The monoisotopic (exact) mass is 304 g/mol. The summed E-state index contributed by atoms with van der Waals surface area (Å²) in [6, 6.07) is 4.79. The van der Waals surface area contributed by atoms with Gasteiger partial charge in [-0.25, -0.2) is 9.18 Å². The number of rotatable bonds is 5. The summed E-state index contributed by atoms with van der Waals surface area (Å²) in [6.07, 6.45) is 0. The number of hydrogen-bond donors (Lipinski definition) is 2. The van der Waals surface area contributed by atoms with Crippen LogP contribution in [0.5, 0.6) is 0 Å². The summed E-state index contributed by atoms with van der Waals surface area (Å²) in [5.74, 6) is 0.0590. The summed E-state index contributed by atoms with van der Waals surface area (Å²) >= 11 is 0. The molecule has 1 heterocycles. The number of aryl methyl sites for hydroxylation is 1. The number of nitrogens with one attached hydrogen (secondary N) is 2. The largest absolute Gasteiger partial charge is 0.340 e. The van der Waals surface area contributed by atoms with E-state index in [0.717, 1.165) is 5.57 Å². The molecule has 0 saturated carbocycles. The molecule has 0 fully saturated rings. The zero-order valence-electron chi connectivity index (χ0n) is 12.4. The third kappa shape index (κ3) is 3.91. The molecule has 2 aromatic rings. The Balaban J connectivity index is 2.25. The zero-order valence-corrected chi connectivity index (χ0v) is 12.4. The summed E-state index contributed by atoms with van der Waals surface area (Å²) in [7, 11) is 0. The molecule has 0 radical (unpaired) electrons. The van der Waals surface area contributed by atoms with Crippen LogP contribution in [0, 0.1) is 12.7 Å². The molecule has 0 aliphatic carbocycles. The molecule has 0 aliphatic heterocycles. The van der Waals surface area contributed by atoms with Gasteiger partial charge in [0.1, 0.15) is 11.9 Å². The van der Waals surface area contributed by atoms with Crippen molar-refractivity contribution >= 4 is 6.03 Å². The third-order valence-electron chi connectivity index (χ3n) is 2.84. The first kappa shape index (κ1) is 15.7. The average molecular weight is 304 g/mol. The van der Waals surface area contributed by atoms with Crippen LogP contribution >= 0.6 is 0 Å². The number of carbonyl (C=O) groups excluding carboxylic acids is 1. The molecule has 0 aliphatic rings. The van der Waals surface area contributed by atoms with E-state index in [-0.39, 0.29) is 11.4 Å². The van der Waals surface area contributed by atoms with E-state index in [2.05, 4.69) is 27.4 Å². The first-order valence-corrected chi connectivity index (χ1v) is 6.70. The first-order chi connectivity index (χ1) is 10.5. The quantitative estimate of drug-likeness (QED) is 0.832. The second-order valence-electron chi connectivity index (χ2n) is 4.91. The molecule has 6 nitrogen and oxygen atoms in total. The molecule has 1 atom stereocenters. The Morgan fingerprint density at radius 1 is 1.45 bits per heavy atom. The second kappa shape index (κ2) is 6.84. The van der Waals surface area contributed by atoms with Gasteiger partial charge >= 0.3 is 6.03 Å². The van der Waals surface area contributed by atoms with Crippen molar-refractivity contribution in [2.45, 2.75) is 19.9 Å². The van der Waals surface area contributed by atoms with Gasteiger partial charge in [0.2, 0.25) is 5.89 Å². The fourth-order valence-electron chi connectivity index (χ4n) is 1.84. The maximum Gasteiger partial charge on any atom is 0.315 e. The molecule has 2 rings (SSSR count). The SMILES string of the molecule is C=C(C)CNC(=O)N[C@@H](c1noc(C)n1)c1ccccc1F. The second-order valence-corrected chi connectivity index (χ2v) is 4.91. The van der Waals surface area contributed by atoms with Crippen LogP contribution in [0.1, 0.15) is 30.2 Å². The Hall–Kier alpha value is -2.70. The molecule has 0 unspecified atom stereocenters. The minimum Gasteiger partial charge on any atom is -0.340 e. The van der Waals surface area contributed by atoms with Gasteiger partial charge in [0.25, 0.3) is 0 Å². The fourth-order valence-corrected chi connectivity index (χ4v) is 1.84. The standard InChI is InChI=1S/C15H17FN4O2/c1-9(2)8-17-15(21)19-13(14-18-10(3)22-20-14)11-6-4-5-7-12(11)16/h4-7,13H,1,8H2,2-3H3,(H2,17,19,21)/t13-/m1/s1. The Morgan fingerprint density at radius 2 is 2.18 bits per heavy atom. The predicted octanol–water partition coefficient (Wildman–Crippen LogP) is 2.48. The van der Waals surface area contributed by atoms with Crippen LogP contribution in [-0.2, 0) is 0 Å². The van der Waals surface area contributed by atoms with Crippen molar-refractivity contribution in [2.24, 2.45) is 0 Å². The van der Waals surface area contributed by atoms with Crippen molar-refractivity contribution in [3.05, 3.63) is 59.5 Å². The Labute approximate surface area is 127 Å². The number of amides is 2. The normalized spacial score (nSPS) is 11.8. The van der Waals surface area contributed by atoms with Crippen LogP contribution in [0.3, 0.4) is 0 Å². The maximum absolute atomic E-state index is 14.0. The Bertz CT molecular complexity index is 684. The van der Waals surface area contributed by atoms with Gasteiger partial charge in [0.15, 0.2) is 5.82 Å².